The van der Waals surface area contributed by atoms with Crippen molar-refractivity contribution in [2.24, 2.45) is 0 Å². The van der Waals surface area contributed by atoms with Crippen LogP contribution in [0.1, 0.15) is 16.1 Å². The van der Waals surface area contributed by atoms with E-state index in [0.29, 0.717) is 11.3 Å². The molecule has 162 valence electrons. The smallest absolute Gasteiger partial charge is 0.213 e. The third-order valence-corrected chi connectivity index (χ3v) is 6.95. The number of nitrogens with zero attached hydrogens (tertiary/aromatic N) is 2. The van der Waals surface area contributed by atoms with Gasteiger partial charge in [0.15, 0.2) is 4.96 Å². The van der Waals surface area contributed by atoms with E-state index in [0.717, 1.165) is 37.9 Å². The molecule has 0 aliphatic heterocycles. The number of thiazole rings is 1. The summed E-state index contributed by atoms with van der Waals surface area (Å²) in [5.74, 6) is -0.0735. The van der Waals surface area contributed by atoms with Crippen LogP contribution in [-0.4, -0.2) is 15.2 Å². The lowest BCUT2D eigenvalue weighted by atomic mass is 10.0. The first kappa shape index (κ1) is 20.3. The van der Waals surface area contributed by atoms with Gasteiger partial charge in [-0.25, -0.2) is 4.98 Å². The van der Waals surface area contributed by atoms with E-state index >= 15 is 0 Å². The average Bonchev–Trinajstić information content (AvgIpc) is 3.47. The topological polar surface area (TPSA) is 34.4 Å². The summed E-state index contributed by atoms with van der Waals surface area (Å²) >= 11 is 1.61. The molecule has 2 aromatic heterocycles. The Bertz CT molecular complexity index is 1590. The first-order valence-electron chi connectivity index (χ1n) is 11.1. The molecule has 34 heavy (non-hydrogen) atoms. The van der Waals surface area contributed by atoms with Crippen LogP contribution in [0.2, 0.25) is 0 Å². The summed E-state index contributed by atoms with van der Waals surface area (Å²) in [5.41, 5.74) is 6.15. The Morgan fingerprint density at radius 2 is 1.06 bits per heavy atom. The number of carbonyl (C=O) groups excluding carboxylic acids is 1. The largest absolute Gasteiger partial charge is 0.287 e. The number of imidazole rings is 1. The molecule has 0 unspecified atom stereocenters. The third kappa shape index (κ3) is 3.45. The number of benzene rings is 4. The standard InChI is InChI=1S/C30H20N2OS/c33-28(23-17-9-3-10-18-23)25-26(21-13-5-1-6-14-21)32-27(22-15-7-2-8-16-22)29(34-30(32)31-25)24-19-11-4-12-20-24/h1-20H. The molecule has 6 rings (SSSR count). The second kappa shape index (κ2) is 8.58. The van der Waals surface area contributed by atoms with Crippen molar-refractivity contribution in [1.82, 2.24) is 9.38 Å². The van der Waals surface area contributed by atoms with Gasteiger partial charge in [0.25, 0.3) is 0 Å². The lowest BCUT2D eigenvalue weighted by molar-refractivity contribution is 0.103. The highest BCUT2D eigenvalue weighted by molar-refractivity contribution is 7.21. The molecule has 0 amide bonds. The first-order chi connectivity index (χ1) is 16.8. The highest BCUT2D eigenvalue weighted by atomic mass is 32.1. The van der Waals surface area contributed by atoms with Crippen LogP contribution in [0.5, 0.6) is 0 Å². The lowest BCUT2D eigenvalue weighted by Crippen LogP contribution is -2.04. The molecule has 0 atom stereocenters. The molecular weight excluding hydrogens is 436 g/mol. The zero-order valence-corrected chi connectivity index (χ0v) is 19.1. The van der Waals surface area contributed by atoms with Crippen molar-refractivity contribution in [2.75, 3.05) is 0 Å². The van der Waals surface area contributed by atoms with Crippen molar-refractivity contribution < 1.29 is 4.79 Å². The average molecular weight is 457 g/mol. The van der Waals surface area contributed by atoms with Crippen molar-refractivity contribution >= 4 is 22.1 Å². The highest BCUT2D eigenvalue weighted by Gasteiger charge is 2.27. The molecule has 0 radical (unpaired) electrons. The van der Waals surface area contributed by atoms with Crippen LogP contribution < -0.4 is 0 Å². The second-order valence-electron chi connectivity index (χ2n) is 8.00. The van der Waals surface area contributed by atoms with Gasteiger partial charge in [0.05, 0.1) is 16.3 Å². The van der Waals surface area contributed by atoms with Crippen molar-refractivity contribution in [3.63, 3.8) is 0 Å². The summed E-state index contributed by atoms with van der Waals surface area (Å²) in [7, 11) is 0. The molecule has 3 nitrogen and oxygen atoms in total. The van der Waals surface area contributed by atoms with Gasteiger partial charge in [0, 0.05) is 16.7 Å². The lowest BCUT2D eigenvalue weighted by Gasteiger charge is -2.10. The van der Waals surface area contributed by atoms with Crippen LogP contribution in [-0.2, 0) is 0 Å². The van der Waals surface area contributed by atoms with Crippen LogP contribution in [0.4, 0.5) is 0 Å². The molecule has 2 heterocycles. The SMILES string of the molecule is O=C(c1ccccc1)c1nc2sc(-c3ccccc3)c(-c3ccccc3)n2c1-c1ccccc1. The maximum Gasteiger partial charge on any atom is 0.213 e. The maximum absolute atomic E-state index is 13.6. The van der Waals surface area contributed by atoms with Crippen molar-refractivity contribution in [1.29, 1.82) is 0 Å². The Hall–Kier alpha value is -4.28. The monoisotopic (exact) mass is 456 g/mol. The molecule has 4 heteroatoms. The molecular formula is C30H20N2OS. The first-order valence-corrected chi connectivity index (χ1v) is 11.9. The van der Waals surface area contributed by atoms with Gasteiger partial charge in [0.1, 0.15) is 5.69 Å². The van der Waals surface area contributed by atoms with E-state index in [4.69, 9.17) is 4.98 Å². The predicted octanol–water partition coefficient (Wildman–Crippen LogP) is 7.63. The Balaban J connectivity index is 1.71. The van der Waals surface area contributed by atoms with Gasteiger partial charge >= 0.3 is 0 Å². The van der Waals surface area contributed by atoms with E-state index in [1.807, 2.05) is 84.9 Å². The number of rotatable bonds is 5. The van der Waals surface area contributed by atoms with Crippen LogP contribution in [0.3, 0.4) is 0 Å². The molecule has 4 aromatic carbocycles. The summed E-state index contributed by atoms with van der Waals surface area (Å²) in [6.07, 6.45) is 0. The fourth-order valence-corrected chi connectivity index (χ4v) is 5.46. The summed E-state index contributed by atoms with van der Waals surface area (Å²) < 4.78 is 2.16. The number of ketones is 1. The molecule has 0 aliphatic rings. The number of hydrogen-bond donors (Lipinski definition) is 0. The minimum atomic E-state index is -0.0735. The fraction of sp³-hybridized carbons (Fsp3) is 0. The number of fused-ring (bicyclic) bond motifs is 1. The van der Waals surface area contributed by atoms with Gasteiger partial charge in [-0.3, -0.25) is 9.20 Å². The maximum atomic E-state index is 13.6. The van der Waals surface area contributed by atoms with Crippen molar-refractivity contribution in [3.8, 4) is 33.0 Å². The molecule has 0 bridgehead atoms. The Kier molecular flexibility index (Phi) is 5.13. The van der Waals surface area contributed by atoms with E-state index in [1.165, 1.54) is 0 Å². The number of carbonyl (C=O) groups is 1. The summed E-state index contributed by atoms with van der Waals surface area (Å²) in [4.78, 5) is 20.5. The zero-order chi connectivity index (χ0) is 22.9. The Morgan fingerprint density at radius 1 is 0.588 bits per heavy atom. The zero-order valence-electron chi connectivity index (χ0n) is 18.3. The van der Waals surface area contributed by atoms with Gasteiger partial charge in [-0.05, 0) is 5.56 Å². The van der Waals surface area contributed by atoms with E-state index in [1.54, 1.807) is 11.3 Å². The summed E-state index contributed by atoms with van der Waals surface area (Å²) in [6, 6.07) is 40.1. The van der Waals surface area contributed by atoms with Crippen molar-refractivity contribution in [2.45, 2.75) is 0 Å². The Morgan fingerprint density at radius 3 is 1.62 bits per heavy atom. The van der Waals surface area contributed by atoms with Gasteiger partial charge in [-0.1, -0.05) is 133 Å². The molecule has 0 aliphatic carbocycles. The normalized spacial score (nSPS) is 11.1. The Labute approximate surface area is 201 Å². The minimum Gasteiger partial charge on any atom is -0.287 e. The molecule has 0 spiro atoms. The van der Waals surface area contributed by atoms with Crippen LogP contribution in [0, 0.1) is 0 Å². The van der Waals surface area contributed by atoms with Crippen LogP contribution >= 0.6 is 11.3 Å². The van der Waals surface area contributed by atoms with E-state index in [-0.39, 0.29) is 5.78 Å². The van der Waals surface area contributed by atoms with E-state index in [9.17, 15) is 4.79 Å². The number of hydrogen-bond acceptors (Lipinski definition) is 3. The van der Waals surface area contributed by atoms with Gasteiger partial charge in [-0.2, -0.15) is 0 Å². The third-order valence-electron chi connectivity index (χ3n) is 5.86. The highest BCUT2D eigenvalue weighted by Crippen LogP contribution is 2.43. The van der Waals surface area contributed by atoms with E-state index in [2.05, 4.69) is 40.8 Å². The summed E-state index contributed by atoms with van der Waals surface area (Å²) in [6.45, 7) is 0. The molecule has 0 N–H and O–H groups in total. The molecule has 0 saturated heterocycles. The van der Waals surface area contributed by atoms with Gasteiger partial charge in [-0.15, -0.1) is 0 Å². The quantitative estimate of drug-likeness (QED) is 0.250. The molecule has 0 fully saturated rings. The predicted molar refractivity (Wildman–Crippen MR) is 139 cm³/mol. The number of aromatic nitrogens is 2. The summed E-state index contributed by atoms with van der Waals surface area (Å²) in [5, 5.41) is 0. The molecule has 0 saturated carbocycles. The van der Waals surface area contributed by atoms with Gasteiger partial charge in [0.2, 0.25) is 5.78 Å². The minimum absolute atomic E-state index is 0.0735. The second-order valence-corrected chi connectivity index (χ2v) is 8.98. The van der Waals surface area contributed by atoms with Crippen LogP contribution in [0.15, 0.2) is 121 Å². The van der Waals surface area contributed by atoms with Gasteiger partial charge < -0.3 is 0 Å². The molecule has 6 aromatic rings. The fourth-order valence-electron chi connectivity index (χ4n) is 4.31. The van der Waals surface area contributed by atoms with Crippen molar-refractivity contribution in [3.05, 3.63) is 133 Å². The van der Waals surface area contributed by atoms with Crippen LogP contribution in [0.25, 0.3) is 37.9 Å². The van der Waals surface area contributed by atoms with E-state index < -0.39 is 0 Å².